The lowest BCUT2D eigenvalue weighted by atomic mass is 10.2. The fraction of sp³-hybridized carbons (Fsp3) is 0.474. The number of benzene rings is 1. The normalized spacial score (nSPS) is 18.3. The molecule has 25 heavy (non-hydrogen) atoms. The summed E-state index contributed by atoms with van der Waals surface area (Å²) >= 11 is 0. The summed E-state index contributed by atoms with van der Waals surface area (Å²) in [6, 6.07) is 9.66. The highest BCUT2D eigenvalue weighted by Gasteiger charge is 2.20. The van der Waals surface area contributed by atoms with Crippen molar-refractivity contribution in [3.8, 4) is 0 Å². The van der Waals surface area contributed by atoms with Gasteiger partial charge in [0.05, 0.1) is 18.2 Å². The minimum absolute atomic E-state index is 0.118. The number of nitrogens with one attached hydrogen (secondary N) is 1. The van der Waals surface area contributed by atoms with Gasteiger partial charge in [0.1, 0.15) is 11.9 Å². The van der Waals surface area contributed by atoms with E-state index in [0.29, 0.717) is 6.61 Å². The van der Waals surface area contributed by atoms with Crippen LogP contribution >= 0.6 is 0 Å². The van der Waals surface area contributed by atoms with Crippen LogP contribution in [0.25, 0.3) is 10.9 Å². The molecule has 1 aromatic carbocycles. The van der Waals surface area contributed by atoms with Gasteiger partial charge in [0, 0.05) is 31.8 Å². The van der Waals surface area contributed by atoms with Gasteiger partial charge in [0.15, 0.2) is 0 Å². The largest absolute Gasteiger partial charge is 0.376 e. The number of pyridine rings is 1. The van der Waals surface area contributed by atoms with Crippen LogP contribution in [-0.4, -0.2) is 50.4 Å². The third kappa shape index (κ3) is 4.46. The summed E-state index contributed by atoms with van der Waals surface area (Å²) in [4.78, 5) is 18.8. The van der Waals surface area contributed by atoms with E-state index in [1.54, 1.807) is 6.92 Å². The molecule has 1 fully saturated rings. The number of amides is 1. The summed E-state index contributed by atoms with van der Waals surface area (Å²) < 4.78 is 11.1. The highest BCUT2D eigenvalue weighted by Crippen LogP contribution is 2.21. The molecule has 1 saturated heterocycles. The SMILES string of the molecule is C[C@H](OC[C@H]1CCCO1)C(=O)Nc1ccc2nc(N(C)C)ccc2c1. The molecule has 0 spiro atoms. The van der Waals surface area contributed by atoms with Crippen molar-refractivity contribution in [2.75, 3.05) is 37.5 Å². The van der Waals surface area contributed by atoms with Gasteiger partial charge in [0.25, 0.3) is 5.91 Å². The maximum absolute atomic E-state index is 12.3. The minimum Gasteiger partial charge on any atom is -0.376 e. The average Bonchev–Trinajstić information content (AvgIpc) is 3.12. The van der Waals surface area contributed by atoms with Crippen LogP contribution in [0, 0.1) is 0 Å². The topological polar surface area (TPSA) is 63.7 Å². The fourth-order valence-corrected chi connectivity index (χ4v) is 2.79. The predicted octanol–water partition coefficient (Wildman–Crippen LogP) is 2.82. The number of rotatable bonds is 6. The third-order valence-electron chi connectivity index (χ3n) is 4.33. The number of carbonyl (C=O) groups excluding carboxylic acids is 1. The Hall–Kier alpha value is -2.18. The maximum Gasteiger partial charge on any atom is 0.253 e. The van der Waals surface area contributed by atoms with E-state index in [1.165, 1.54) is 0 Å². The summed E-state index contributed by atoms with van der Waals surface area (Å²) in [5.74, 6) is 0.746. The third-order valence-corrected chi connectivity index (χ3v) is 4.33. The second-order valence-electron chi connectivity index (χ2n) is 6.57. The lowest BCUT2D eigenvalue weighted by Crippen LogP contribution is -2.30. The number of aromatic nitrogens is 1. The Morgan fingerprint density at radius 2 is 2.24 bits per heavy atom. The average molecular weight is 343 g/mol. The second kappa shape index (κ2) is 7.80. The highest BCUT2D eigenvalue weighted by atomic mass is 16.5. The first-order chi connectivity index (χ1) is 12.0. The van der Waals surface area contributed by atoms with E-state index in [4.69, 9.17) is 9.47 Å². The van der Waals surface area contributed by atoms with Crippen LogP contribution in [0.3, 0.4) is 0 Å². The molecule has 1 N–H and O–H groups in total. The molecule has 2 atom stereocenters. The van der Waals surface area contributed by atoms with Gasteiger partial charge in [-0.15, -0.1) is 0 Å². The van der Waals surface area contributed by atoms with Gasteiger partial charge in [-0.2, -0.15) is 0 Å². The Morgan fingerprint density at radius 3 is 2.96 bits per heavy atom. The molecular formula is C19H25N3O3. The van der Waals surface area contributed by atoms with Crippen molar-refractivity contribution in [1.82, 2.24) is 4.98 Å². The van der Waals surface area contributed by atoms with Crippen molar-refractivity contribution in [2.24, 2.45) is 0 Å². The summed E-state index contributed by atoms with van der Waals surface area (Å²) in [6.45, 7) is 3.01. The quantitative estimate of drug-likeness (QED) is 0.874. The molecule has 6 nitrogen and oxygen atoms in total. The molecule has 0 radical (unpaired) electrons. The van der Waals surface area contributed by atoms with Gasteiger partial charge >= 0.3 is 0 Å². The number of ether oxygens (including phenoxy) is 2. The van der Waals surface area contributed by atoms with Crippen LogP contribution in [0.4, 0.5) is 11.5 Å². The molecule has 0 aliphatic carbocycles. The van der Waals surface area contributed by atoms with E-state index in [1.807, 2.05) is 49.3 Å². The number of hydrogen-bond donors (Lipinski definition) is 1. The van der Waals surface area contributed by atoms with Crippen LogP contribution in [0.5, 0.6) is 0 Å². The molecule has 1 amide bonds. The molecular weight excluding hydrogens is 318 g/mol. The second-order valence-corrected chi connectivity index (χ2v) is 6.57. The maximum atomic E-state index is 12.3. The summed E-state index contributed by atoms with van der Waals surface area (Å²) in [5.41, 5.74) is 1.64. The van der Waals surface area contributed by atoms with Crippen molar-refractivity contribution in [3.63, 3.8) is 0 Å². The fourth-order valence-electron chi connectivity index (χ4n) is 2.79. The summed E-state index contributed by atoms with van der Waals surface area (Å²) in [7, 11) is 3.92. The minimum atomic E-state index is -0.519. The van der Waals surface area contributed by atoms with Crippen molar-refractivity contribution in [1.29, 1.82) is 0 Å². The van der Waals surface area contributed by atoms with Crippen LogP contribution in [0.2, 0.25) is 0 Å². The standard InChI is InChI=1S/C19H25N3O3/c1-13(25-12-16-5-4-10-24-16)19(23)20-15-7-8-17-14(11-15)6-9-18(21-17)22(2)3/h6-9,11,13,16H,4-5,10,12H2,1-3H3,(H,20,23)/t13-,16+/m0/s1. The molecule has 1 aliphatic heterocycles. The van der Waals surface area contributed by atoms with E-state index >= 15 is 0 Å². The monoisotopic (exact) mass is 343 g/mol. The number of carbonyl (C=O) groups is 1. The Labute approximate surface area is 148 Å². The lowest BCUT2D eigenvalue weighted by molar-refractivity contribution is -0.128. The Balaban J connectivity index is 1.61. The molecule has 3 rings (SSSR count). The first-order valence-corrected chi connectivity index (χ1v) is 8.65. The smallest absolute Gasteiger partial charge is 0.253 e. The van der Waals surface area contributed by atoms with E-state index < -0.39 is 6.10 Å². The van der Waals surface area contributed by atoms with Gasteiger partial charge < -0.3 is 19.7 Å². The van der Waals surface area contributed by atoms with E-state index in [0.717, 1.165) is 41.9 Å². The number of fused-ring (bicyclic) bond motifs is 1. The van der Waals surface area contributed by atoms with E-state index in [2.05, 4.69) is 10.3 Å². The first kappa shape index (κ1) is 17.6. The zero-order valence-electron chi connectivity index (χ0n) is 15.0. The number of hydrogen-bond acceptors (Lipinski definition) is 5. The Morgan fingerprint density at radius 1 is 1.40 bits per heavy atom. The molecule has 6 heteroatoms. The summed E-state index contributed by atoms with van der Waals surface area (Å²) in [6.07, 6.45) is 1.66. The van der Waals surface area contributed by atoms with Crippen molar-refractivity contribution < 1.29 is 14.3 Å². The van der Waals surface area contributed by atoms with Crippen molar-refractivity contribution >= 4 is 28.3 Å². The number of anilines is 2. The van der Waals surface area contributed by atoms with E-state index in [9.17, 15) is 4.79 Å². The zero-order valence-corrected chi connectivity index (χ0v) is 15.0. The molecule has 1 aromatic heterocycles. The molecule has 134 valence electrons. The highest BCUT2D eigenvalue weighted by molar-refractivity contribution is 5.96. The Bertz CT molecular complexity index is 742. The van der Waals surface area contributed by atoms with Gasteiger partial charge in [-0.05, 0) is 50.1 Å². The number of nitrogens with zero attached hydrogens (tertiary/aromatic N) is 2. The molecule has 2 heterocycles. The predicted molar refractivity (Wildman–Crippen MR) is 99.1 cm³/mol. The molecule has 0 bridgehead atoms. The van der Waals surface area contributed by atoms with Crippen molar-refractivity contribution in [2.45, 2.75) is 32.0 Å². The molecule has 1 aliphatic rings. The van der Waals surface area contributed by atoms with Crippen LogP contribution in [-0.2, 0) is 14.3 Å². The van der Waals surface area contributed by atoms with Crippen LogP contribution in [0.1, 0.15) is 19.8 Å². The van der Waals surface area contributed by atoms with E-state index in [-0.39, 0.29) is 12.0 Å². The van der Waals surface area contributed by atoms with Gasteiger partial charge in [-0.25, -0.2) is 4.98 Å². The molecule has 0 unspecified atom stereocenters. The molecule has 0 saturated carbocycles. The molecule has 2 aromatic rings. The van der Waals surface area contributed by atoms with Gasteiger partial charge in [-0.3, -0.25) is 4.79 Å². The van der Waals surface area contributed by atoms with Crippen molar-refractivity contribution in [3.05, 3.63) is 30.3 Å². The zero-order chi connectivity index (χ0) is 17.8. The first-order valence-electron chi connectivity index (χ1n) is 8.65. The Kier molecular flexibility index (Phi) is 5.50. The lowest BCUT2D eigenvalue weighted by Gasteiger charge is -2.16. The van der Waals surface area contributed by atoms with Crippen LogP contribution < -0.4 is 10.2 Å². The van der Waals surface area contributed by atoms with Crippen LogP contribution in [0.15, 0.2) is 30.3 Å². The van der Waals surface area contributed by atoms with Gasteiger partial charge in [-0.1, -0.05) is 0 Å². The summed E-state index contributed by atoms with van der Waals surface area (Å²) in [5, 5.41) is 3.89. The van der Waals surface area contributed by atoms with Gasteiger partial charge in [0.2, 0.25) is 0 Å².